The van der Waals surface area contributed by atoms with Gasteiger partial charge in [0.25, 0.3) is 5.24 Å². The van der Waals surface area contributed by atoms with E-state index in [1.807, 2.05) is 30.5 Å². The molecular formula is C21H20N2O4S2. The van der Waals surface area contributed by atoms with E-state index in [0.29, 0.717) is 31.8 Å². The molecule has 3 aromatic rings. The van der Waals surface area contributed by atoms with E-state index in [0.717, 1.165) is 44.6 Å². The van der Waals surface area contributed by atoms with Crippen molar-refractivity contribution in [3.63, 3.8) is 0 Å². The smallest absolute Gasteiger partial charge is 0.286 e. The third kappa shape index (κ3) is 4.23. The van der Waals surface area contributed by atoms with Crippen LogP contribution < -0.4 is 10.1 Å². The van der Waals surface area contributed by atoms with Crippen molar-refractivity contribution in [2.45, 2.75) is 31.4 Å². The number of nitrogens with zero attached hydrogens (tertiary/aromatic N) is 1. The molecule has 1 atom stereocenters. The van der Waals surface area contributed by atoms with Crippen LogP contribution in [-0.4, -0.2) is 28.0 Å². The highest BCUT2D eigenvalue weighted by Gasteiger charge is 2.32. The van der Waals surface area contributed by atoms with Gasteiger partial charge in [-0.1, -0.05) is 23.9 Å². The summed E-state index contributed by atoms with van der Waals surface area (Å²) in [6, 6.07) is 5.94. The fraction of sp³-hybridized carbons (Fsp3) is 0.286. The Morgan fingerprint density at radius 2 is 2.21 bits per heavy atom. The Labute approximate surface area is 176 Å². The third-order valence-electron chi connectivity index (χ3n) is 4.68. The molecule has 0 saturated carbocycles. The van der Waals surface area contributed by atoms with Gasteiger partial charge in [0.15, 0.2) is 5.89 Å². The number of ether oxygens (including phenoxy) is 1. The highest BCUT2D eigenvalue weighted by molar-refractivity contribution is 8.15. The van der Waals surface area contributed by atoms with E-state index >= 15 is 0 Å². The van der Waals surface area contributed by atoms with Crippen LogP contribution in [0.15, 0.2) is 40.7 Å². The number of nitrogens with one attached hydrogen (secondary N) is 1. The number of fused-ring (bicyclic) bond motifs is 1. The number of imide groups is 1. The quantitative estimate of drug-likeness (QED) is 0.534. The number of carbonyl (C=O) groups excluding carboxylic acids is 2. The average Bonchev–Trinajstić information content (AvgIpc) is 3.37. The molecule has 3 heterocycles. The molecule has 0 bridgehead atoms. The number of thiophene rings is 1. The van der Waals surface area contributed by atoms with Crippen LogP contribution in [-0.2, 0) is 24.1 Å². The Balaban J connectivity index is 1.45. The van der Waals surface area contributed by atoms with Crippen LogP contribution in [0.5, 0.6) is 5.75 Å². The summed E-state index contributed by atoms with van der Waals surface area (Å²) in [5.41, 5.74) is 1.94. The molecule has 1 aliphatic heterocycles. The molecule has 150 valence electrons. The molecule has 1 aromatic carbocycles. The summed E-state index contributed by atoms with van der Waals surface area (Å²) in [7, 11) is 0. The molecule has 1 unspecified atom stereocenters. The lowest BCUT2D eigenvalue weighted by Gasteiger charge is -2.11. The van der Waals surface area contributed by atoms with Gasteiger partial charge in [0, 0.05) is 22.9 Å². The van der Waals surface area contributed by atoms with Crippen molar-refractivity contribution >= 4 is 44.3 Å². The molecule has 1 N–H and O–H groups in total. The largest absolute Gasteiger partial charge is 0.493 e. The van der Waals surface area contributed by atoms with Gasteiger partial charge in [-0.05, 0) is 36.4 Å². The fourth-order valence-corrected chi connectivity index (χ4v) is 5.08. The first-order chi connectivity index (χ1) is 14.0. The SMILES string of the molecule is C=CCc1nc(CCOc2ccc(CC3SC(=O)NC3=O)c3sccc23)c(C)o1. The number of oxazole rings is 1. The van der Waals surface area contributed by atoms with Crippen LogP contribution in [0.3, 0.4) is 0 Å². The zero-order valence-corrected chi connectivity index (χ0v) is 17.5. The Morgan fingerprint density at radius 1 is 1.34 bits per heavy atom. The van der Waals surface area contributed by atoms with E-state index in [-0.39, 0.29) is 16.4 Å². The van der Waals surface area contributed by atoms with E-state index < -0.39 is 0 Å². The number of benzene rings is 1. The molecule has 0 radical (unpaired) electrons. The van der Waals surface area contributed by atoms with Gasteiger partial charge in [-0.2, -0.15) is 0 Å². The highest BCUT2D eigenvalue weighted by atomic mass is 32.2. The molecule has 0 aliphatic carbocycles. The molecule has 1 saturated heterocycles. The Kier molecular flexibility index (Phi) is 5.73. The summed E-state index contributed by atoms with van der Waals surface area (Å²) in [5, 5.41) is 4.72. The number of allylic oxidation sites excluding steroid dienone is 1. The minimum absolute atomic E-state index is 0.219. The van der Waals surface area contributed by atoms with E-state index in [2.05, 4.69) is 16.9 Å². The van der Waals surface area contributed by atoms with Gasteiger partial charge in [0.2, 0.25) is 5.91 Å². The van der Waals surface area contributed by atoms with Gasteiger partial charge in [0.1, 0.15) is 11.5 Å². The number of aromatic nitrogens is 1. The summed E-state index contributed by atoms with van der Waals surface area (Å²) < 4.78 is 12.7. The zero-order chi connectivity index (χ0) is 20.4. The molecule has 29 heavy (non-hydrogen) atoms. The monoisotopic (exact) mass is 428 g/mol. The summed E-state index contributed by atoms with van der Waals surface area (Å²) in [6.07, 6.45) is 3.55. The van der Waals surface area contributed by atoms with Gasteiger partial charge in [-0.25, -0.2) is 4.98 Å². The third-order valence-corrected chi connectivity index (χ3v) is 6.65. The van der Waals surface area contributed by atoms with Gasteiger partial charge >= 0.3 is 0 Å². The second kappa shape index (κ2) is 8.42. The van der Waals surface area contributed by atoms with Gasteiger partial charge < -0.3 is 9.15 Å². The highest BCUT2D eigenvalue weighted by Crippen LogP contribution is 2.35. The molecule has 1 fully saturated rings. The van der Waals surface area contributed by atoms with Crippen molar-refractivity contribution in [3.05, 3.63) is 59.1 Å². The van der Waals surface area contributed by atoms with Crippen LogP contribution in [0, 0.1) is 6.92 Å². The number of amides is 2. The summed E-state index contributed by atoms with van der Waals surface area (Å²) in [4.78, 5) is 27.8. The standard InChI is InChI=1S/C21H20N2O4S2/c1-3-4-18-22-15(12(2)27-18)7-9-26-16-6-5-13(19-14(16)8-10-28-19)11-17-20(24)23-21(25)29-17/h3,5-6,8,10,17H,1,4,7,9,11H2,2H3,(H,23,24,25). The van der Waals surface area contributed by atoms with E-state index in [1.165, 1.54) is 0 Å². The molecular weight excluding hydrogens is 408 g/mol. The molecule has 6 nitrogen and oxygen atoms in total. The molecule has 2 amide bonds. The molecule has 1 aliphatic rings. The van der Waals surface area contributed by atoms with Crippen molar-refractivity contribution in [3.8, 4) is 5.75 Å². The minimum Gasteiger partial charge on any atom is -0.493 e. The van der Waals surface area contributed by atoms with Gasteiger partial charge in [-0.15, -0.1) is 17.9 Å². The van der Waals surface area contributed by atoms with Crippen LogP contribution in [0.4, 0.5) is 4.79 Å². The summed E-state index contributed by atoms with van der Waals surface area (Å²) in [5.74, 6) is 2.06. The van der Waals surface area contributed by atoms with E-state index in [4.69, 9.17) is 9.15 Å². The molecule has 0 spiro atoms. The second-order valence-electron chi connectivity index (χ2n) is 6.68. The second-order valence-corrected chi connectivity index (χ2v) is 8.77. The number of carbonyl (C=O) groups is 2. The predicted molar refractivity (Wildman–Crippen MR) is 115 cm³/mol. The lowest BCUT2D eigenvalue weighted by molar-refractivity contribution is -0.118. The van der Waals surface area contributed by atoms with Crippen molar-refractivity contribution < 1.29 is 18.7 Å². The Morgan fingerprint density at radius 3 is 2.97 bits per heavy atom. The van der Waals surface area contributed by atoms with Crippen molar-refractivity contribution in [2.24, 2.45) is 0 Å². The molecule has 2 aromatic heterocycles. The fourth-order valence-electron chi connectivity index (χ4n) is 3.30. The van der Waals surface area contributed by atoms with Crippen LogP contribution in [0.25, 0.3) is 10.1 Å². The number of hydrogen-bond acceptors (Lipinski definition) is 7. The Bertz CT molecular complexity index is 1090. The normalized spacial score (nSPS) is 16.4. The minimum atomic E-state index is -0.375. The predicted octanol–water partition coefficient (Wildman–Crippen LogP) is 4.44. The number of rotatable bonds is 8. The first kappa shape index (κ1) is 19.7. The Hall–Kier alpha value is -2.58. The summed E-state index contributed by atoms with van der Waals surface area (Å²) in [6.45, 7) is 6.10. The zero-order valence-electron chi connectivity index (χ0n) is 15.9. The van der Waals surface area contributed by atoms with Crippen LogP contribution in [0.2, 0.25) is 0 Å². The first-order valence-corrected chi connectivity index (χ1v) is 11.0. The maximum Gasteiger partial charge on any atom is 0.286 e. The van der Waals surface area contributed by atoms with Crippen molar-refractivity contribution in [1.29, 1.82) is 0 Å². The van der Waals surface area contributed by atoms with Gasteiger partial charge in [0.05, 0.1) is 17.6 Å². The number of thioether (sulfide) groups is 1. The topological polar surface area (TPSA) is 81.4 Å². The van der Waals surface area contributed by atoms with Crippen LogP contribution in [0.1, 0.15) is 22.9 Å². The number of hydrogen-bond donors (Lipinski definition) is 1. The van der Waals surface area contributed by atoms with E-state index in [9.17, 15) is 9.59 Å². The van der Waals surface area contributed by atoms with Crippen molar-refractivity contribution in [2.75, 3.05) is 6.61 Å². The number of aryl methyl sites for hydroxylation is 1. The lowest BCUT2D eigenvalue weighted by atomic mass is 10.1. The maximum absolute atomic E-state index is 11.9. The first-order valence-electron chi connectivity index (χ1n) is 9.24. The maximum atomic E-state index is 11.9. The van der Waals surface area contributed by atoms with E-state index in [1.54, 1.807) is 17.4 Å². The molecule has 4 rings (SSSR count). The molecule has 8 heteroatoms. The summed E-state index contributed by atoms with van der Waals surface area (Å²) >= 11 is 2.67. The average molecular weight is 429 g/mol. The van der Waals surface area contributed by atoms with Gasteiger partial charge in [-0.3, -0.25) is 14.9 Å². The van der Waals surface area contributed by atoms with Crippen LogP contribution >= 0.6 is 23.1 Å². The lowest BCUT2D eigenvalue weighted by Crippen LogP contribution is -2.25. The van der Waals surface area contributed by atoms with Crippen molar-refractivity contribution in [1.82, 2.24) is 10.3 Å².